The Morgan fingerprint density at radius 3 is 2.53 bits per heavy atom. The summed E-state index contributed by atoms with van der Waals surface area (Å²) in [5, 5.41) is 6.97. The molecule has 0 N–H and O–H groups in total. The predicted molar refractivity (Wildman–Crippen MR) is 124 cm³/mol. The highest BCUT2D eigenvalue weighted by atomic mass is 35.5. The van der Waals surface area contributed by atoms with E-state index < -0.39 is 0 Å². The molecule has 2 aliphatic rings. The lowest BCUT2D eigenvalue weighted by Gasteiger charge is -2.35. The van der Waals surface area contributed by atoms with Crippen molar-refractivity contribution < 1.29 is 9.21 Å². The van der Waals surface area contributed by atoms with Crippen molar-refractivity contribution in [3.05, 3.63) is 83.4 Å². The van der Waals surface area contributed by atoms with Crippen LogP contribution in [0, 0.1) is 0 Å². The van der Waals surface area contributed by atoms with Crippen molar-refractivity contribution in [3.63, 3.8) is 0 Å². The Labute approximate surface area is 191 Å². The molecule has 0 saturated carbocycles. The molecule has 1 aromatic carbocycles. The van der Waals surface area contributed by atoms with Gasteiger partial charge in [-0.3, -0.25) is 9.69 Å². The molecule has 0 spiro atoms. The first kappa shape index (κ1) is 20.7. The molecule has 1 atom stereocenters. The molecule has 4 heterocycles. The number of piperazine rings is 1. The van der Waals surface area contributed by atoms with Gasteiger partial charge >= 0.3 is 0 Å². The maximum atomic E-state index is 13.3. The van der Waals surface area contributed by atoms with E-state index in [-0.39, 0.29) is 11.9 Å². The van der Waals surface area contributed by atoms with Gasteiger partial charge in [0, 0.05) is 43.8 Å². The smallest absolute Gasteiger partial charge is 0.257 e. The summed E-state index contributed by atoms with van der Waals surface area (Å²) in [6.45, 7) is 3.60. The van der Waals surface area contributed by atoms with Crippen LogP contribution in [-0.2, 0) is 4.79 Å². The number of benzene rings is 1. The third kappa shape index (κ3) is 4.40. The Kier molecular flexibility index (Phi) is 5.92. The number of halogens is 1. The molecule has 0 bridgehead atoms. The van der Waals surface area contributed by atoms with Crippen LogP contribution in [0.15, 0.2) is 76.6 Å². The highest BCUT2D eigenvalue weighted by Crippen LogP contribution is 2.33. The fraction of sp³-hybridized carbons (Fsp3) is 0.292. The summed E-state index contributed by atoms with van der Waals surface area (Å²) in [6.07, 6.45) is 4.05. The van der Waals surface area contributed by atoms with E-state index in [1.165, 1.54) is 0 Å². The standard InChI is InChI=1S/C24H24ClN5O2/c25-19-8-6-18(7-9-19)20-16-21(22-4-3-15-32-22)30(27-20)24(31)17-28-11-13-29(14-12-28)23-5-1-2-10-26-23/h1-10,15,21H,11-14,16-17H2/t21-/m0/s1. The average Bonchev–Trinajstić information content (AvgIpc) is 3.51. The number of hydrazone groups is 1. The second-order valence-corrected chi connectivity index (χ2v) is 8.41. The Bertz CT molecular complexity index is 1080. The lowest BCUT2D eigenvalue weighted by Crippen LogP contribution is -2.49. The molecule has 32 heavy (non-hydrogen) atoms. The number of nitrogens with zero attached hydrogens (tertiary/aromatic N) is 5. The Balaban J connectivity index is 1.28. The maximum absolute atomic E-state index is 13.3. The summed E-state index contributed by atoms with van der Waals surface area (Å²) in [7, 11) is 0. The monoisotopic (exact) mass is 449 g/mol. The van der Waals surface area contributed by atoms with Crippen molar-refractivity contribution in [1.82, 2.24) is 14.9 Å². The van der Waals surface area contributed by atoms with Crippen molar-refractivity contribution >= 4 is 29.0 Å². The highest BCUT2D eigenvalue weighted by molar-refractivity contribution is 6.30. The minimum Gasteiger partial charge on any atom is -0.467 e. The fourth-order valence-electron chi connectivity index (χ4n) is 4.20. The van der Waals surface area contributed by atoms with Crippen LogP contribution in [0.2, 0.25) is 5.02 Å². The van der Waals surface area contributed by atoms with Gasteiger partial charge in [-0.05, 0) is 42.0 Å². The van der Waals surface area contributed by atoms with Crippen molar-refractivity contribution in [2.45, 2.75) is 12.5 Å². The molecular weight excluding hydrogens is 426 g/mol. The Hall–Kier alpha value is -3.16. The number of amides is 1. The molecule has 2 aromatic heterocycles. The van der Waals surface area contributed by atoms with E-state index in [0.717, 1.165) is 49.0 Å². The van der Waals surface area contributed by atoms with Crippen molar-refractivity contribution in [2.75, 3.05) is 37.6 Å². The molecule has 1 fully saturated rings. The van der Waals surface area contributed by atoms with Crippen LogP contribution < -0.4 is 4.90 Å². The van der Waals surface area contributed by atoms with Crippen LogP contribution in [0.4, 0.5) is 5.82 Å². The van der Waals surface area contributed by atoms with Crippen LogP contribution in [0.3, 0.4) is 0 Å². The minimum absolute atomic E-state index is 0.0263. The van der Waals surface area contributed by atoms with Crippen LogP contribution in [0.5, 0.6) is 0 Å². The number of carbonyl (C=O) groups is 1. The van der Waals surface area contributed by atoms with Crippen LogP contribution in [0.1, 0.15) is 23.8 Å². The van der Waals surface area contributed by atoms with Gasteiger partial charge in [-0.25, -0.2) is 9.99 Å². The van der Waals surface area contributed by atoms with Gasteiger partial charge in [-0.15, -0.1) is 0 Å². The van der Waals surface area contributed by atoms with Crippen molar-refractivity contribution in [1.29, 1.82) is 0 Å². The largest absolute Gasteiger partial charge is 0.467 e. The molecule has 0 aliphatic carbocycles. The summed E-state index contributed by atoms with van der Waals surface area (Å²) < 4.78 is 5.64. The normalized spacial score (nSPS) is 19.3. The van der Waals surface area contributed by atoms with Gasteiger partial charge in [0.25, 0.3) is 5.91 Å². The highest BCUT2D eigenvalue weighted by Gasteiger charge is 2.35. The summed E-state index contributed by atoms with van der Waals surface area (Å²) in [6, 6.07) is 17.0. The number of carbonyl (C=O) groups excluding carboxylic acids is 1. The molecular formula is C24H24ClN5O2. The quantitative estimate of drug-likeness (QED) is 0.592. The number of hydrogen-bond acceptors (Lipinski definition) is 6. The van der Waals surface area contributed by atoms with E-state index in [9.17, 15) is 4.79 Å². The average molecular weight is 450 g/mol. The van der Waals surface area contributed by atoms with E-state index in [1.54, 1.807) is 11.3 Å². The fourth-order valence-corrected chi connectivity index (χ4v) is 4.33. The van der Waals surface area contributed by atoms with Crippen LogP contribution >= 0.6 is 11.6 Å². The molecule has 0 unspecified atom stereocenters. The van der Waals surface area contributed by atoms with Gasteiger partial charge in [0.15, 0.2) is 0 Å². The second-order valence-electron chi connectivity index (χ2n) is 7.98. The molecule has 3 aromatic rings. The Morgan fingerprint density at radius 2 is 1.84 bits per heavy atom. The van der Waals surface area contributed by atoms with Crippen molar-refractivity contribution in [3.8, 4) is 0 Å². The zero-order valence-electron chi connectivity index (χ0n) is 17.6. The van der Waals surface area contributed by atoms with Gasteiger partial charge in [-0.1, -0.05) is 29.8 Å². The van der Waals surface area contributed by atoms with Crippen LogP contribution in [0.25, 0.3) is 0 Å². The Morgan fingerprint density at radius 1 is 1.03 bits per heavy atom. The van der Waals surface area contributed by atoms with E-state index in [4.69, 9.17) is 21.1 Å². The number of aromatic nitrogens is 1. The van der Waals surface area contributed by atoms with E-state index in [1.807, 2.05) is 60.8 Å². The molecule has 164 valence electrons. The van der Waals surface area contributed by atoms with E-state index in [2.05, 4.69) is 14.8 Å². The predicted octanol–water partition coefficient (Wildman–Crippen LogP) is 3.83. The first-order valence-electron chi connectivity index (χ1n) is 10.7. The zero-order chi connectivity index (χ0) is 21.9. The molecule has 1 amide bonds. The molecule has 0 radical (unpaired) electrons. The van der Waals surface area contributed by atoms with Gasteiger partial charge in [-0.2, -0.15) is 5.10 Å². The SMILES string of the molecule is O=C(CN1CCN(c2ccccn2)CC1)N1N=C(c2ccc(Cl)cc2)C[C@H]1c1ccco1. The minimum atomic E-state index is -0.238. The molecule has 2 aliphatic heterocycles. The number of hydrogen-bond donors (Lipinski definition) is 0. The first-order valence-corrected chi connectivity index (χ1v) is 11.1. The zero-order valence-corrected chi connectivity index (χ0v) is 18.4. The van der Waals surface area contributed by atoms with Crippen molar-refractivity contribution in [2.24, 2.45) is 5.10 Å². The number of anilines is 1. The summed E-state index contributed by atoms with van der Waals surface area (Å²) in [5.74, 6) is 1.70. The summed E-state index contributed by atoms with van der Waals surface area (Å²) in [4.78, 5) is 22.1. The summed E-state index contributed by atoms with van der Waals surface area (Å²) >= 11 is 6.03. The van der Waals surface area contributed by atoms with E-state index in [0.29, 0.717) is 18.0 Å². The summed E-state index contributed by atoms with van der Waals surface area (Å²) in [5.41, 5.74) is 1.82. The number of pyridine rings is 1. The van der Waals surface area contributed by atoms with Gasteiger partial charge in [0.05, 0.1) is 18.5 Å². The van der Waals surface area contributed by atoms with Crippen LogP contribution in [-0.4, -0.2) is 59.2 Å². The lowest BCUT2D eigenvalue weighted by atomic mass is 10.0. The number of furan rings is 1. The molecule has 1 saturated heterocycles. The topological polar surface area (TPSA) is 65.2 Å². The van der Waals surface area contributed by atoms with Gasteiger partial charge in [0.2, 0.25) is 0 Å². The third-order valence-electron chi connectivity index (χ3n) is 5.92. The maximum Gasteiger partial charge on any atom is 0.257 e. The lowest BCUT2D eigenvalue weighted by molar-refractivity contribution is -0.134. The third-order valence-corrected chi connectivity index (χ3v) is 6.17. The second kappa shape index (κ2) is 9.14. The van der Waals surface area contributed by atoms with E-state index >= 15 is 0 Å². The first-order chi connectivity index (χ1) is 15.7. The number of rotatable bonds is 5. The molecule has 7 nitrogen and oxygen atoms in total. The van der Waals surface area contributed by atoms with Gasteiger partial charge < -0.3 is 9.32 Å². The molecule has 8 heteroatoms. The van der Waals surface area contributed by atoms with Gasteiger partial charge in [0.1, 0.15) is 17.6 Å². The molecule has 5 rings (SSSR count).